The van der Waals surface area contributed by atoms with Gasteiger partial charge in [-0.3, -0.25) is 28.8 Å². The second-order valence-electron chi connectivity index (χ2n) is 15.3. The fraction of sp³-hybridized carbons (Fsp3) is 0.255. The van der Waals surface area contributed by atoms with Crippen molar-refractivity contribution in [1.29, 1.82) is 0 Å². The molecule has 1 saturated heterocycles. The highest BCUT2D eigenvalue weighted by molar-refractivity contribution is 7.90. The molecule has 0 aliphatic carbocycles. The number of carbonyl (C=O) groups is 6. The van der Waals surface area contributed by atoms with E-state index in [4.69, 9.17) is 28.4 Å². The van der Waals surface area contributed by atoms with Gasteiger partial charge in [0.05, 0.1) is 28.2 Å². The zero-order valence-corrected chi connectivity index (χ0v) is 36.7. The van der Waals surface area contributed by atoms with Crippen molar-refractivity contribution < 1.29 is 65.6 Å². The summed E-state index contributed by atoms with van der Waals surface area (Å²) in [6, 6.07) is 26.6. The first kappa shape index (κ1) is 45.1. The number of aromatic nitrogens is 3. The largest absolute Gasteiger partial charge is 0.463 e. The molecule has 5 atom stereocenters. The summed E-state index contributed by atoms with van der Waals surface area (Å²) in [4.78, 5) is 85.5. The van der Waals surface area contributed by atoms with Gasteiger partial charge in [0.1, 0.15) is 25.1 Å². The van der Waals surface area contributed by atoms with Gasteiger partial charge in [-0.2, -0.15) is 0 Å². The molecule has 0 spiro atoms. The van der Waals surface area contributed by atoms with Crippen LogP contribution in [0.4, 0.5) is 0 Å². The van der Waals surface area contributed by atoms with Crippen molar-refractivity contribution in [2.24, 2.45) is 0 Å². The fourth-order valence-corrected chi connectivity index (χ4v) is 9.57. The Balaban J connectivity index is 1.34. The fourth-order valence-electron chi connectivity index (χ4n) is 8.18. The molecule has 2 aliphatic heterocycles. The molecule has 0 N–H and O–H groups in total. The molecule has 1 fully saturated rings. The predicted molar refractivity (Wildman–Crippen MR) is 233 cm³/mol. The number of hydrogen-bond acceptors (Lipinski definition) is 15. The minimum absolute atomic E-state index is 0.0183. The smallest absolute Gasteiger partial charge is 0.303 e. The molecule has 0 bridgehead atoms. The summed E-state index contributed by atoms with van der Waals surface area (Å²) in [5.74, 6) is -4.80. The third-order valence-corrected chi connectivity index (χ3v) is 12.5. The van der Waals surface area contributed by atoms with Crippen molar-refractivity contribution >= 4 is 78.8 Å². The van der Waals surface area contributed by atoms with Crippen LogP contribution in [0.15, 0.2) is 121 Å². The van der Waals surface area contributed by atoms with Crippen LogP contribution >= 0.6 is 0 Å². The molecule has 19 heteroatoms. The van der Waals surface area contributed by atoms with E-state index in [0.29, 0.717) is 5.39 Å². The van der Waals surface area contributed by atoms with Crippen LogP contribution in [0.5, 0.6) is 0 Å². The van der Waals surface area contributed by atoms with Gasteiger partial charge in [-0.05, 0) is 35.9 Å². The van der Waals surface area contributed by atoms with Crippen LogP contribution < -0.4 is 0 Å². The standard InChI is InChI=1S/C47H42N4O14S/c1-27(52)61-25-38-41(62-28(2)53)42(63-29(3)54)43(64-30(4)55)47(65-38)49-22-35(34-19-13-21-48-44(34)49)39-40(46(57)50(45(39)56)26-60-24-31-14-7-5-8-15-31)36-23-51(37-20-12-11-18-33(36)37)66(58,59)32-16-9-6-10-17-32/h5-23,38,41-43,47H,24-26H2,1-4H3/t38-,41-,42+,43-,47-/m1/s1. The third-order valence-electron chi connectivity index (χ3n) is 10.8. The van der Waals surface area contributed by atoms with Crippen LogP contribution in [0.1, 0.15) is 50.6 Å². The van der Waals surface area contributed by atoms with Crippen LogP contribution in [-0.2, 0) is 73.8 Å². The molecule has 2 amide bonds. The summed E-state index contributed by atoms with van der Waals surface area (Å²) in [6.07, 6.45) is -3.20. The first-order valence-electron chi connectivity index (χ1n) is 20.5. The Kier molecular flexibility index (Phi) is 12.7. The molecular weight excluding hydrogens is 877 g/mol. The van der Waals surface area contributed by atoms with Crippen LogP contribution in [0.25, 0.3) is 33.1 Å². The highest BCUT2D eigenvalue weighted by Crippen LogP contribution is 2.44. The molecule has 0 unspecified atom stereocenters. The zero-order chi connectivity index (χ0) is 46.9. The van der Waals surface area contributed by atoms with Gasteiger partial charge in [0, 0.05) is 68.2 Å². The van der Waals surface area contributed by atoms with Crippen molar-refractivity contribution in [2.75, 3.05) is 13.3 Å². The molecule has 0 saturated carbocycles. The van der Waals surface area contributed by atoms with Gasteiger partial charge in [0.15, 0.2) is 24.5 Å². The number of ether oxygens (including phenoxy) is 6. The molecule has 2 aliphatic rings. The number of carbonyl (C=O) groups excluding carboxylic acids is 6. The lowest BCUT2D eigenvalue weighted by Crippen LogP contribution is -2.60. The van der Waals surface area contributed by atoms with E-state index in [-0.39, 0.29) is 50.3 Å². The topological polar surface area (TPSA) is 218 Å². The lowest BCUT2D eigenvalue weighted by molar-refractivity contribution is -0.267. The number of nitrogens with zero attached hydrogens (tertiary/aromatic N) is 4. The summed E-state index contributed by atoms with van der Waals surface area (Å²) in [5.41, 5.74) is 1.03. The first-order valence-corrected chi connectivity index (χ1v) is 22.0. The highest BCUT2D eigenvalue weighted by Gasteiger charge is 2.53. The number of benzene rings is 3. The van der Waals surface area contributed by atoms with Crippen molar-refractivity contribution in [1.82, 2.24) is 18.4 Å². The molecule has 5 heterocycles. The Morgan fingerprint density at radius 3 is 1.89 bits per heavy atom. The zero-order valence-electron chi connectivity index (χ0n) is 35.9. The van der Waals surface area contributed by atoms with Gasteiger partial charge < -0.3 is 33.0 Å². The molecule has 8 rings (SSSR count). The number of hydrogen-bond donors (Lipinski definition) is 0. The van der Waals surface area contributed by atoms with Crippen molar-refractivity contribution in [3.63, 3.8) is 0 Å². The second kappa shape index (κ2) is 18.6. The monoisotopic (exact) mass is 918 g/mol. The van der Waals surface area contributed by atoms with Gasteiger partial charge in [-0.15, -0.1) is 0 Å². The van der Waals surface area contributed by atoms with Gasteiger partial charge in [0.25, 0.3) is 21.8 Å². The maximum Gasteiger partial charge on any atom is 0.303 e. The van der Waals surface area contributed by atoms with E-state index in [1.54, 1.807) is 54.6 Å². The Hall–Kier alpha value is -7.48. The lowest BCUT2D eigenvalue weighted by atomic mass is 9.96. The van der Waals surface area contributed by atoms with Gasteiger partial charge in [-0.25, -0.2) is 22.3 Å². The van der Waals surface area contributed by atoms with Gasteiger partial charge >= 0.3 is 23.9 Å². The number of pyridine rings is 1. The summed E-state index contributed by atoms with van der Waals surface area (Å²) < 4.78 is 65.8. The molecule has 0 radical (unpaired) electrons. The number of fused-ring (bicyclic) bond motifs is 2. The quantitative estimate of drug-likeness (QED) is 0.0803. The van der Waals surface area contributed by atoms with Gasteiger partial charge in [-0.1, -0.05) is 66.7 Å². The Morgan fingerprint density at radius 2 is 1.24 bits per heavy atom. The maximum atomic E-state index is 15.0. The lowest BCUT2D eigenvalue weighted by Gasteiger charge is -2.44. The third kappa shape index (κ3) is 8.70. The molecule has 340 valence electrons. The average Bonchev–Trinajstić information content (AvgIpc) is 3.94. The Morgan fingerprint density at radius 1 is 0.667 bits per heavy atom. The molecule has 3 aromatic carbocycles. The second-order valence-corrected chi connectivity index (χ2v) is 17.2. The number of imide groups is 1. The van der Waals surface area contributed by atoms with Crippen molar-refractivity contribution in [2.45, 2.75) is 69.8 Å². The van der Waals surface area contributed by atoms with E-state index in [1.165, 1.54) is 35.3 Å². The number of amides is 2. The van der Waals surface area contributed by atoms with E-state index < -0.39 is 89.7 Å². The molecule has 18 nitrogen and oxygen atoms in total. The van der Waals surface area contributed by atoms with E-state index in [9.17, 15) is 32.4 Å². The van der Waals surface area contributed by atoms with E-state index >= 15 is 4.79 Å². The van der Waals surface area contributed by atoms with Crippen LogP contribution in [0.2, 0.25) is 0 Å². The summed E-state index contributed by atoms with van der Waals surface area (Å²) >= 11 is 0. The van der Waals surface area contributed by atoms with Crippen molar-refractivity contribution in [3.05, 3.63) is 132 Å². The van der Waals surface area contributed by atoms with E-state index in [0.717, 1.165) is 42.1 Å². The first-order chi connectivity index (χ1) is 31.6. The normalized spacial score (nSPS) is 19.9. The maximum absolute atomic E-state index is 15.0. The molecule has 66 heavy (non-hydrogen) atoms. The number of rotatable bonds is 14. The summed E-state index contributed by atoms with van der Waals surface area (Å²) in [6.45, 7) is 3.50. The highest BCUT2D eigenvalue weighted by atomic mass is 32.2. The van der Waals surface area contributed by atoms with E-state index in [2.05, 4.69) is 4.98 Å². The average molecular weight is 919 g/mol. The summed E-state index contributed by atoms with van der Waals surface area (Å²) in [5, 5.41) is 0.617. The minimum atomic E-state index is -4.26. The van der Waals surface area contributed by atoms with Gasteiger partial charge in [0.2, 0.25) is 0 Å². The predicted octanol–water partition coefficient (Wildman–Crippen LogP) is 4.94. The Labute approximate surface area is 377 Å². The van der Waals surface area contributed by atoms with E-state index in [1.807, 2.05) is 30.3 Å². The number of esters is 4. The molecular formula is C47H42N4O14S. The molecule has 6 aromatic rings. The van der Waals surface area contributed by atoms with Crippen LogP contribution in [0.3, 0.4) is 0 Å². The minimum Gasteiger partial charge on any atom is -0.463 e. The summed E-state index contributed by atoms with van der Waals surface area (Å²) in [7, 11) is -4.26. The van der Waals surface area contributed by atoms with Crippen LogP contribution in [-0.4, -0.2) is 100 Å². The Bertz CT molecular complexity index is 3040. The van der Waals surface area contributed by atoms with Crippen LogP contribution in [0, 0.1) is 0 Å². The molecule has 3 aromatic heterocycles. The number of para-hydroxylation sites is 1. The SMILES string of the molecule is CC(=O)OC[C@H]1O[C@@H](n2cc(C3=C(c4cn(S(=O)(=O)c5ccccc5)c5ccccc45)C(=O)N(COCc4ccccc4)C3=O)c3cccnc32)[C@H](OC(C)=O)[C@@H](OC(C)=O)[C@@H]1OC(C)=O. The van der Waals surface area contributed by atoms with Crippen molar-refractivity contribution in [3.8, 4) is 0 Å².